The first kappa shape index (κ1) is 26.9. The molecule has 0 atom stereocenters. The molecule has 1 amide bonds. The van der Waals surface area contributed by atoms with Gasteiger partial charge in [0.05, 0.1) is 38.6 Å². The van der Waals surface area contributed by atoms with Crippen LogP contribution in [0, 0.1) is 0 Å². The summed E-state index contributed by atoms with van der Waals surface area (Å²) in [7, 11) is 3.20. The molecule has 4 rings (SSSR count). The Balaban J connectivity index is 2.07. The highest BCUT2D eigenvalue weighted by Gasteiger charge is 2.31. The molecular formula is C28H35N3O5S. The van der Waals surface area contributed by atoms with Crippen molar-refractivity contribution >= 4 is 33.4 Å². The fraction of sp³-hybridized carbons (Fsp3) is 0.464. The normalized spacial score (nSPS) is 13.1. The Bertz CT molecular complexity index is 1320. The van der Waals surface area contributed by atoms with Crippen molar-refractivity contribution in [3.05, 3.63) is 39.9 Å². The second kappa shape index (κ2) is 11.5. The molecule has 1 aromatic carbocycles. The summed E-state index contributed by atoms with van der Waals surface area (Å²) in [6.45, 7) is 11.3. The van der Waals surface area contributed by atoms with E-state index in [0.29, 0.717) is 48.8 Å². The average Bonchev–Trinajstić information content (AvgIpc) is 3.27. The number of hydrogen-bond acceptors (Lipinski definition) is 8. The number of carbonyl (C=O) groups is 2. The van der Waals surface area contributed by atoms with Crippen molar-refractivity contribution in [1.82, 2.24) is 14.8 Å². The maximum Gasteiger partial charge on any atom is 0.340 e. The zero-order chi connectivity index (χ0) is 26.7. The van der Waals surface area contributed by atoms with E-state index in [-0.39, 0.29) is 18.5 Å². The largest absolute Gasteiger partial charge is 0.493 e. The van der Waals surface area contributed by atoms with E-state index in [1.54, 1.807) is 32.5 Å². The summed E-state index contributed by atoms with van der Waals surface area (Å²) < 4.78 is 16.7. The number of ether oxygens (including phenoxy) is 3. The van der Waals surface area contributed by atoms with E-state index in [0.717, 1.165) is 44.9 Å². The highest BCUT2D eigenvalue weighted by Crippen LogP contribution is 2.44. The van der Waals surface area contributed by atoms with Gasteiger partial charge in [-0.15, -0.1) is 11.3 Å². The number of amides is 1. The van der Waals surface area contributed by atoms with Gasteiger partial charge in [0.2, 0.25) is 5.91 Å². The lowest BCUT2D eigenvalue weighted by atomic mass is 9.91. The number of aromatic nitrogens is 1. The van der Waals surface area contributed by atoms with Crippen LogP contribution >= 0.6 is 11.3 Å². The first-order valence-electron chi connectivity index (χ1n) is 12.7. The maximum absolute atomic E-state index is 13.6. The number of carbonyl (C=O) groups excluding carboxylic acids is 2. The second-order valence-electron chi connectivity index (χ2n) is 8.93. The number of fused-ring (bicyclic) bond motifs is 3. The zero-order valence-electron chi connectivity index (χ0n) is 22.5. The first-order chi connectivity index (χ1) is 17.9. The molecule has 0 aliphatic carbocycles. The minimum atomic E-state index is -0.384. The molecule has 0 saturated carbocycles. The van der Waals surface area contributed by atoms with Crippen LogP contribution in [0.3, 0.4) is 0 Å². The van der Waals surface area contributed by atoms with E-state index >= 15 is 0 Å². The van der Waals surface area contributed by atoms with Crippen LogP contribution in [0.25, 0.3) is 21.3 Å². The van der Waals surface area contributed by atoms with Crippen LogP contribution < -0.4 is 9.47 Å². The number of pyridine rings is 1. The molecule has 0 spiro atoms. The Morgan fingerprint density at radius 1 is 1.11 bits per heavy atom. The number of thiophene rings is 1. The van der Waals surface area contributed by atoms with Gasteiger partial charge in [-0.2, -0.15) is 0 Å². The second-order valence-corrected chi connectivity index (χ2v) is 10.0. The molecular weight excluding hydrogens is 490 g/mol. The van der Waals surface area contributed by atoms with Gasteiger partial charge in [-0.25, -0.2) is 9.78 Å². The molecule has 0 unspecified atom stereocenters. The van der Waals surface area contributed by atoms with E-state index in [1.165, 1.54) is 0 Å². The summed E-state index contributed by atoms with van der Waals surface area (Å²) in [5.74, 6) is 0.870. The lowest BCUT2D eigenvalue weighted by Gasteiger charge is -2.26. The number of nitrogens with zero attached hydrogens (tertiary/aromatic N) is 3. The van der Waals surface area contributed by atoms with E-state index in [9.17, 15) is 9.59 Å². The highest BCUT2D eigenvalue weighted by atomic mass is 32.1. The van der Waals surface area contributed by atoms with Crippen LogP contribution in [0.15, 0.2) is 18.2 Å². The minimum Gasteiger partial charge on any atom is -0.493 e. The average molecular weight is 526 g/mol. The van der Waals surface area contributed by atoms with Crippen molar-refractivity contribution in [3.63, 3.8) is 0 Å². The van der Waals surface area contributed by atoms with Crippen LogP contribution in [0.1, 0.15) is 54.2 Å². The molecule has 8 nitrogen and oxygen atoms in total. The predicted molar refractivity (Wildman–Crippen MR) is 146 cm³/mol. The molecule has 0 bridgehead atoms. The van der Waals surface area contributed by atoms with Crippen LogP contribution in [-0.2, 0) is 29.0 Å². The Morgan fingerprint density at radius 2 is 1.84 bits per heavy atom. The van der Waals surface area contributed by atoms with Crippen LogP contribution in [-0.4, -0.2) is 67.1 Å². The van der Waals surface area contributed by atoms with E-state index in [4.69, 9.17) is 19.2 Å². The molecule has 9 heteroatoms. The fourth-order valence-corrected chi connectivity index (χ4v) is 6.18. The van der Waals surface area contributed by atoms with E-state index in [1.807, 2.05) is 30.0 Å². The summed E-state index contributed by atoms with van der Waals surface area (Å²) in [4.78, 5) is 36.9. The van der Waals surface area contributed by atoms with Gasteiger partial charge >= 0.3 is 5.97 Å². The lowest BCUT2D eigenvalue weighted by molar-refractivity contribution is -0.129. The molecule has 0 radical (unpaired) electrons. The molecule has 37 heavy (non-hydrogen) atoms. The molecule has 1 aliphatic rings. The number of rotatable bonds is 9. The van der Waals surface area contributed by atoms with Gasteiger partial charge in [-0.05, 0) is 49.7 Å². The molecule has 0 fully saturated rings. The molecule has 0 N–H and O–H groups in total. The van der Waals surface area contributed by atoms with Crippen molar-refractivity contribution in [2.45, 2.75) is 47.2 Å². The summed E-state index contributed by atoms with van der Waals surface area (Å²) >= 11 is 1.61. The van der Waals surface area contributed by atoms with Gasteiger partial charge in [0.25, 0.3) is 0 Å². The molecule has 1 aliphatic heterocycles. The number of hydrogen-bond donors (Lipinski definition) is 0. The van der Waals surface area contributed by atoms with Crippen molar-refractivity contribution in [1.29, 1.82) is 0 Å². The Labute approximate surface area is 222 Å². The maximum atomic E-state index is 13.6. The Morgan fingerprint density at radius 3 is 2.46 bits per heavy atom. The topological polar surface area (TPSA) is 81.2 Å². The SMILES string of the molecule is CCOC(=O)c1c(CN(CC)CC)nc2sc3c(c2c1-c1ccc(OC)c(OC)c1)CCN(C(C)=O)C3. The quantitative estimate of drug-likeness (QED) is 0.368. The zero-order valence-corrected chi connectivity index (χ0v) is 23.3. The van der Waals surface area contributed by atoms with Crippen LogP contribution in [0.2, 0.25) is 0 Å². The molecule has 2 aromatic heterocycles. The number of benzene rings is 1. The lowest BCUT2D eigenvalue weighted by Crippen LogP contribution is -2.33. The third-order valence-electron chi connectivity index (χ3n) is 6.93. The Kier molecular flexibility index (Phi) is 8.34. The van der Waals surface area contributed by atoms with Crippen LogP contribution in [0.5, 0.6) is 11.5 Å². The van der Waals surface area contributed by atoms with Crippen LogP contribution in [0.4, 0.5) is 0 Å². The first-order valence-corrected chi connectivity index (χ1v) is 13.5. The predicted octanol–water partition coefficient (Wildman–Crippen LogP) is 4.90. The molecule has 0 saturated heterocycles. The summed E-state index contributed by atoms with van der Waals surface area (Å²) in [6, 6.07) is 5.72. The van der Waals surface area contributed by atoms with Crippen molar-refractivity contribution in [2.75, 3.05) is 40.5 Å². The third-order valence-corrected chi connectivity index (χ3v) is 8.04. The standard InChI is InChI=1S/C28H35N3O5S/c1-7-30(8-2)15-20-26(28(33)36-9-3)24(18-10-11-21(34-5)22(14-18)35-6)25-19-12-13-31(17(4)32)16-23(19)37-27(25)29-20/h10-11,14H,7-9,12-13,15-16H2,1-6H3. The smallest absolute Gasteiger partial charge is 0.340 e. The highest BCUT2D eigenvalue weighted by molar-refractivity contribution is 7.19. The van der Waals surface area contributed by atoms with Crippen molar-refractivity contribution < 1.29 is 23.8 Å². The van der Waals surface area contributed by atoms with Gasteiger partial charge in [-0.1, -0.05) is 19.9 Å². The van der Waals surface area contributed by atoms with Gasteiger partial charge in [0.15, 0.2) is 11.5 Å². The molecule has 3 heterocycles. The Hall–Kier alpha value is -3.17. The minimum absolute atomic E-state index is 0.0608. The van der Waals surface area contributed by atoms with Gasteiger partial charge < -0.3 is 19.1 Å². The van der Waals surface area contributed by atoms with Crippen molar-refractivity contribution in [3.8, 4) is 22.6 Å². The van der Waals surface area contributed by atoms with Crippen molar-refractivity contribution in [2.24, 2.45) is 0 Å². The molecule has 198 valence electrons. The monoisotopic (exact) mass is 525 g/mol. The summed E-state index contributed by atoms with van der Waals surface area (Å²) in [5, 5.41) is 0.960. The van der Waals surface area contributed by atoms with Gasteiger partial charge in [0.1, 0.15) is 4.83 Å². The number of methoxy groups -OCH3 is 2. The van der Waals surface area contributed by atoms with E-state index in [2.05, 4.69) is 18.7 Å². The molecule has 3 aromatic rings. The number of esters is 1. The fourth-order valence-electron chi connectivity index (χ4n) is 4.92. The summed E-state index contributed by atoms with van der Waals surface area (Å²) in [6.07, 6.45) is 0.703. The summed E-state index contributed by atoms with van der Waals surface area (Å²) in [5.41, 5.74) is 3.98. The van der Waals surface area contributed by atoms with Gasteiger partial charge in [0, 0.05) is 35.8 Å². The third kappa shape index (κ3) is 5.15. The van der Waals surface area contributed by atoms with Gasteiger partial charge in [-0.3, -0.25) is 9.69 Å². The van der Waals surface area contributed by atoms with E-state index < -0.39 is 0 Å².